The second kappa shape index (κ2) is 3.77. The first-order chi connectivity index (χ1) is 7.58. The monoisotopic (exact) mass is 216 g/mol. The van der Waals surface area contributed by atoms with Crippen LogP contribution in [0, 0.1) is 13.8 Å². The van der Waals surface area contributed by atoms with Gasteiger partial charge in [0, 0.05) is 0 Å². The summed E-state index contributed by atoms with van der Waals surface area (Å²) in [7, 11) is 0. The van der Waals surface area contributed by atoms with Crippen LogP contribution in [0.2, 0.25) is 0 Å². The average molecular weight is 216 g/mol. The van der Waals surface area contributed by atoms with Gasteiger partial charge in [0.2, 0.25) is 0 Å². The van der Waals surface area contributed by atoms with E-state index in [9.17, 15) is 4.79 Å². The van der Waals surface area contributed by atoms with E-state index in [1.165, 1.54) is 6.20 Å². The Morgan fingerprint density at radius 2 is 2.12 bits per heavy atom. The van der Waals surface area contributed by atoms with Crippen molar-refractivity contribution < 1.29 is 4.79 Å². The van der Waals surface area contributed by atoms with Gasteiger partial charge in [0.25, 0.3) is 5.91 Å². The molecule has 0 spiro atoms. The third-order valence-corrected chi connectivity index (χ3v) is 2.36. The number of aromatic nitrogens is 3. The largest absolute Gasteiger partial charge is 0.364 e. The molecule has 1 aromatic heterocycles. The van der Waals surface area contributed by atoms with E-state index in [1.54, 1.807) is 4.68 Å². The first-order valence-electron chi connectivity index (χ1n) is 4.87. The Balaban J connectivity index is 2.50. The van der Waals surface area contributed by atoms with Crippen molar-refractivity contribution in [3.8, 4) is 5.69 Å². The van der Waals surface area contributed by atoms with Gasteiger partial charge in [0.1, 0.15) is 0 Å². The molecule has 16 heavy (non-hydrogen) atoms. The van der Waals surface area contributed by atoms with E-state index in [1.807, 2.05) is 32.0 Å². The summed E-state index contributed by atoms with van der Waals surface area (Å²) in [5.74, 6) is -0.573. The predicted molar refractivity (Wildman–Crippen MR) is 59.4 cm³/mol. The van der Waals surface area contributed by atoms with Crippen molar-refractivity contribution in [1.29, 1.82) is 0 Å². The summed E-state index contributed by atoms with van der Waals surface area (Å²) in [4.78, 5) is 10.9. The highest BCUT2D eigenvalue weighted by molar-refractivity contribution is 5.90. The Morgan fingerprint density at radius 1 is 1.38 bits per heavy atom. The number of rotatable bonds is 2. The van der Waals surface area contributed by atoms with Gasteiger partial charge in [-0.25, -0.2) is 4.68 Å². The van der Waals surface area contributed by atoms with E-state index in [0.717, 1.165) is 16.8 Å². The number of nitrogens with two attached hydrogens (primary N) is 1. The van der Waals surface area contributed by atoms with Crippen LogP contribution < -0.4 is 5.73 Å². The first kappa shape index (κ1) is 10.4. The van der Waals surface area contributed by atoms with Gasteiger partial charge in [-0.2, -0.15) is 0 Å². The summed E-state index contributed by atoms with van der Waals surface area (Å²) >= 11 is 0. The summed E-state index contributed by atoms with van der Waals surface area (Å²) in [5, 5.41) is 7.58. The van der Waals surface area contributed by atoms with E-state index >= 15 is 0 Å². The van der Waals surface area contributed by atoms with Crippen molar-refractivity contribution in [2.75, 3.05) is 0 Å². The zero-order chi connectivity index (χ0) is 11.7. The lowest BCUT2D eigenvalue weighted by Gasteiger charge is -2.05. The number of hydrogen-bond acceptors (Lipinski definition) is 3. The molecule has 2 N–H and O–H groups in total. The van der Waals surface area contributed by atoms with Crippen molar-refractivity contribution in [3.63, 3.8) is 0 Å². The number of nitrogens with zero attached hydrogens (tertiary/aromatic N) is 3. The van der Waals surface area contributed by atoms with Gasteiger partial charge in [-0.15, -0.1) is 5.10 Å². The average Bonchev–Trinajstić information content (AvgIpc) is 2.70. The fourth-order valence-corrected chi connectivity index (χ4v) is 1.46. The molecule has 5 heteroatoms. The lowest BCUT2D eigenvalue weighted by molar-refractivity contribution is 0.0995. The Morgan fingerprint density at radius 3 is 2.75 bits per heavy atom. The van der Waals surface area contributed by atoms with Gasteiger partial charge < -0.3 is 5.73 Å². The fraction of sp³-hybridized carbons (Fsp3) is 0.182. The van der Waals surface area contributed by atoms with E-state index < -0.39 is 5.91 Å². The van der Waals surface area contributed by atoms with Gasteiger partial charge in [0.15, 0.2) is 5.69 Å². The summed E-state index contributed by atoms with van der Waals surface area (Å²) in [6, 6.07) is 6.00. The molecule has 0 radical (unpaired) electrons. The Bertz CT molecular complexity index is 545. The van der Waals surface area contributed by atoms with Crippen molar-refractivity contribution >= 4 is 5.91 Å². The van der Waals surface area contributed by atoms with Crippen LogP contribution in [0.4, 0.5) is 0 Å². The number of aryl methyl sites for hydroxylation is 2. The topological polar surface area (TPSA) is 73.8 Å². The zero-order valence-electron chi connectivity index (χ0n) is 9.14. The Kier molecular flexibility index (Phi) is 2.44. The molecule has 0 fully saturated rings. The van der Waals surface area contributed by atoms with Gasteiger partial charge in [-0.3, -0.25) is 4.79 Å². The molecule has 2 aromatic rings. The summed E-state index contributed by atoms with van der Waals surface area (Å²) in [6.07, 6.45) is 1.53. The molecule has 0 aliphatic rings. The fourth-order valence-electron chi connectivity index (χ4n) is 1.46. The molecule has 0 saturated carbocycles. The Hall–Kier alpha value is -2.17. The number of hydrogen-bond donors (Lipinski definition) is 1. The van der Waals surface area contributed by atoms with Crippen molar-refractivity contribution in [2.24, 2.45) is 5.73 Å². The number of carbonyl (C=O) groups excluding carboxylic acids is 1. The molecular formula is C11H12N4O. The molecule has 2 rings (SSSR count). The molecule has 1 amide bonds. The molecule has 82 valence electrons. The SMILES string of the molecule is Cc1ccc(C)c(-n2cc(C(N)=O)nn2)c1. The Labute approximate surface area is 92.9 Å². The lowest BCUT2D eigenvalue weighted by Crippen LogP contribution is -2.11. The van der Waals surface area contributed by atoms with E-state index in [0.29, 0.717) is 0 Å². The second-order valence-electron chi connectivity index (χ2n) is 3.70. The maximum absolute atomic E-state index is 10.9. The van der Waals surface area contributed by atoms with Crippen LogP contribution in [0.5, 0.6) is 0 Å². The summed E-state index contributed by atoms with van der Waals surface area (Å²) in [6.45, 7) is 3.97. The quantitative estimate of drug-likeness (QED) is 0.813. The molecule has 5 nitrogen and oxygen atoms in total. The number of benzene rings is 1. The van der Waals surface area contributed by atoms with Gasteiger partial charge in [-0.05, 0) is 31.0 Å². The van der Waals surface area contributed by atoms with Crippen LogP contribution in [-0.4, -0.2) is 20.9 Å². The molecule has 1 heterocycles. The van der Waals surface area contributed by atoms with E-state index in [-0.39, 0.29) is 5.69 Å². The second-order valence-corrected chi connectivity index (χ2v) is 3.70. The molecular weight excluding hydrogens is 204 g/mol. The van der Waals surface area contributed by atoms with Crippen LogP contribution >= 0.6 is 0 Å². The number of amides is 1. The maximum Gasteiger partial charge on any atom is 0.270 e. The molecule has 1 aromatic carbocycles. The number of carbonyl (C=O) groups is 1. The lowest BCUT2D eigenvalue weighted by atomic mass is 10.1. The minimum absolute atomic E-state index is 0.168. The number of primary amides is 1. The standard InChI is InChI=1S/C11H12N4O/c1-7-3-4-8(2)10(5-7)15-6-9(11(12)16)13-14-15/h3-6H,1-2H3,(H2,12,16). The molecule has 0 aliphatic carbocycles. The highest BCUT2D eigenvalue weighted by Gasteiger charge is 2.08. The third-order valence-electron chi connectivity index (χ3n) is 2.36. The van der Waals surface area contributed by atoms with E-state index in [4.69, 9.17) is 5.73 Å². The summed E-state index contributed by atoms with van der Waals surface area (Å²) in [5.41, 5.74) is 8.37. The first-order valence-corrected chi connectivity index (χ1v) is 4.87. The van der Waals surface area contributed by atoms with E-state index in [2.05, 4.69) is 10.3 Å². The van der Waals surface area contributed by atoms with Crippen molar-refractivity contribution in [3.05, 3.63) is 41.2 Å². The van der Waals surface area contributed by atoms with Crippen LogP contribution in [0.3, 0.4) is 0 Å². The molecule has 0 atom stereocenters. The predicted octanol–water partition coefficient (Wildman–Crippen LogP) is 0.983. The smallest absolute Gasteiger partial charge is 0.270 e. The third kappa shape index (κ3) is 1.79. The summed E-state index contributed by atoms with van der Waals surface area (Å²) < 4.78 is 1.56. The molecule has 0 aliphatic heterocycles. The molecule has 0 unspecified atom stereocenters. The normalized spacial score (nSPS) is 10.4. The van der Waals surface area contributed by atoms with Gasteiger partial charge in [-0.1, -0.05) is 17.3 Å². The van der Waals surface area contributed by atoms with Gasteiger partial charge in [0.05, 0.1) is 11.9 Å². The van der Waals surface area contributed by atoms with Gasteiger partial charge >= 0.3 is 0 Å². The van der Waals surface area contributed by atoms with Crippen LogP contribution in [0.1, 0.15) is 21.6 Å². The minimum Gasteiger partial charge on any atom is -0.364 e. The maximum atomic E-state index is 10.9. The van der Waals surface area contributed by atoms with Crippen LogP contribution in [0.25, 0.3) is 5.69 Å². The van der Waals surface area contributed by atoms with Crippen molar-refractivity contribution in [1.82, 2.24) is 15.0 Å². The van der Waals surface area contributed by atoms with Crippen LogP contribution in [-0.2, 0) is 0 Å². The molecule has 0 saturated heterocycles. The zero-order valence-corrected chi connectivity index (χ0v) is 9.14. The highest BCUT2D eigenvalue weighted by atomic mass is 16.1. The minimum atomic E-state index is -0.573. The highest BCUT2D eigenvalue weighted by Crippen LogP contribution is 2.14. The van der Waals surface area contributed by atoms with Crippen molar-refractivity contribution in [2.45, 2.75) is 13.8 Å². The van der Waals surface area contributed by atoms with Crippen LogP contribution in [0.15, 0.2) is 24.4 Å². The molecule has 0 bridgehead atoms.